The van der Waals surface area contributed by atoms with Gasteiger partial charge in [0.1, 0.15) is 29.9 Å². The van der Waals surface area contributed by atoms with Gasteiger partial charge in [-0.25, -0.2) is 0 Å². The number of nitrogens with two attached hydrogens (primary N) is 4. The number of rotatable bonds is 38. The predicted molar refractivity (Wildman–Crippen MR) is 338 cm³/mol. The van der Waals surface area contributed by atoms with Crippen molar-refractivity contribution in [2.75, 3.05) is 111 Å². The van der Waals surface area contributed by atoms with Crippen molar-refractivity contribution in [2.24, 2.45) is 50.7 Å². The van der Waals surface area contributed by atoms with Gasteiger partial charge < -0.3 is 85.3 Å². The van der Waals surface area contributed by atoms with Gasteiger partial charge >= 0.3 is 23.9 Å². The second kappa shape index (κ2) is 41.1. The Balaban J connectivity index is 1.82. The van der Waals surface area contributed by atoms with Crippen molar-refractivity contribution in [1.82, 2.24) is 56.4 Å². The molecule has 2 fully saturated rings. The molecule has 2 aliphatic heterocycles. The lowest BCUT2D eigenvalue weighted by molar-refractivity contribution is -0.143. The highest BCUT2D eigenvalue weighted by Crippen LogP contribution is 2.22. The highest BCUT2D eigenvalue weighted by Gasteiger charge is 2.40. The summed E-state index contributed by atoms with van der Waals surface area (Å²) >= 11 is 0. The van der Waals surface area contributed by atoms with E-state index in [2.05, 4.69) is 41.9 Å². The van der Waals surface area contributed by atoms with Crippen molar-refractivity contribution in [3.63, 3.8) is 0 Å². The Bertz CT molecular complexity index is 2630. The number of guanidine groups is 2. The number of phenolic OH excluding ortho intramolecular Hbond substituents is 1. The molecule has 33 heteroatoms. The van der Waals surface area contributed by atoms with Crippen LogP contribution in [0.3, 0.4) is 0 Å². The van der Waals surface area contributed by atoms with Crippen LogP contribution < -0.4 is 54.8 Å². The van der Waals surface area contributed by atoms with E-state index >= 15 is 0 Å². The number of carboxylic acids is 4. The van der Waals surface area contributed by atoms with Crippen molar-refractivity contribution in [3.05, 3.63) is 29.8 Å². The van der Waals surface area contributed by atoms with Crippen LogP contribution in [0.15, 0.2) is 34.3 Å². The van der Waals surface area contributed by atoms with Crippen LogP contribution in [0.2, 0.25) is 0 Å². The van der Waals surface area contributed by atoms with Gasteiger partial charge in [0, 0.05) is 104 Å². The van der Waals surface area contributed by atoms with Crippen molar-refractivity contribution >= 4 is 77.1 Å². The summed E-state index contributed by atoms with van der Waals surface area (Å²) < 4.78 is 0. The van der Waals surface area contributed by atoms with Crippen LogP contribution in [0.4, 0.5) is 0 Å². The van der Waals surface area contributed by atoms with Crippen LogP contribution in [-0.2, 0) is 59.2 Å². The summed E-state index contributed by atoms with van der Waals surface area (Å²) in [5, 5.41) is 64.9. The van der Waals surface area contributed by atoms with Gasteiger partial charge in [-0.3, -0.25) is 82.3 Å². The minimum atomic E-state index is -1.34. The minimum absolute atomic E-state index is 0.0135. The van der Waals surface area contributed by atoms with Crippen LogP contribution in [-0.4, -0.2) is 269 Å². The maximum Gasteiger partial charge on any atom is 0.317 e. The molecule has 19 N–H and O–H groups in total. The number of carbonyl (C=O) groups excluding carboxylic acids is 7. The molecule has 3 rings (SSSR count). The van der Waals surface area contributed by atoms with E-state index in [-0.39, 0.29) is 186 Å². The van der Waals surface area contributed by atoms with Crippen molar-refractivity contribution < 1.29 is 78.3 Å². The average molecular weight is 1300 g/mol. The number of nitrogens with zero attached hydrogens (tertiary/aromatic N) is 7. The Kier molecular flexibility index (Phi) is 34.8. The second-order valence-electron chi connectivity index (χ2n) is 23.8. The molecular formula is C59H99N17O16. The quantitative estimate of drug-likeness (QED) is 0.0172. The van der Waals surface area contributed by atoms with E-state index in [4.69, 9.17) is 22.9 Å². The maximum absolute atomic E-state index is 14.8. The van der Waals surface area contributed by atoms with Gasteiger partial charge in [0.2, 0.25) is 41.4 Å². The van der Waals surface area contributed by atoms with Crippen molar-refractivity contribution in [1.29, 1.82) is 0 Å². The molecule has 2 heterocycles. The first-order valence-electron chi connectivity index (χ1n) is 31.2. The number of likely N-dealkylation sites (tertiary alicyclic amines) is 1. The molecule has 0 saturated carbocycles. The molecule has 2 aliphatic rings. The molecule has 7 amide bonds. The van der Waals surface area contributed by atoms with Crippen LogP contribution in [0.1, 0.15) is 97.5 Å². The SMILES string of the molecule is CC[C@H](C)[C@H](NC(=O)[C@H](Cc1ccc(O)cc1)NC(=O)[C@@H]1CCCN1C(=O)[C@H](CCCN=C(N)N)NC(=O)[C@H](CCCN=C(N)N)CNC(=O)CCNC(=O)CN1CCN(CC(=O)O)CCN(CC(=O)O)CCN(CC(=O)O)CC1)C(=O)N[C@H](CC(=O)O)CC(C)C. The Labute approximate surface area is 536 Å². The molecule has 1 aromatic carbocycles. The lowest BCUT2D eigenvalue weighted by atomic mass is 9.95. The minimum Gasteiger partial charge on any atom is -0.508 e. The van der Waals surface area contributed by atoms with Crippen LogP contribution >= 0.6 is 0 Å². The number of aliphatic imine (C=N–C) groups is 2. The van der Waals surface area contributed by atoms with Gasteiger partial charge in [-0.2, -0.15) is 0 Å². The van der Waals surface area contributed by atoms with E-state index in [9.17, 15) is 78.3 Å². The Morgan fingerprint density at radius 1 is 0.598 bits per heavy atom. The molecule has 0 bridgehead atoms. The van der Waals surface area contributed by atoms with E-state index < -0.39 is 107 Å². The van der Waals surface area contributed by atoms with Crippen LogP contribution in [0.25, 0.3) is 0 Å². The Morgan fingerprint density at radius 2 is 1.12 bits per heavy atom. The number of hydrogen-bond donors (Lipinski definition) is 15. The topological polar surface area (TPSA) is 506 Å². The highest BCUT2D eigenvalue weighted by atomic mass is 16.4. The zero-order valence-corrected chi connectivity index (χ0v) is 53.4. The van der Waals surface area contributed by atoms with Crippen LogP contribution in [0, 0.1) is 17.8 Å². The molecule has 2 saturated heterocycles. The molecule has 516 valence electrons. The number of hydrogen-bond acceptors (Lipinski definition) is 18. The number of benzene rings is 1. The maximum atomic E-state index is 14.8. The van der Waals surface area contributed by atoms with E-state index in [1.807, 2.05) is 20.8 Å². The van der Waals surface area contributed by atoms with Gasteiger partial charge in [0.15, 0.2) is 11.9 Å². The summed E-state index contributed by atoms with van der Waals surface area (Å²) in [6, 6.07) is 0.294. The fraction of sp³-hybridized carbons (Fsp3) is 0.678. The third-order valence-electron chi connectivity index (χ3n) is 15.7. The lowest BCUT2D eigenvalue weighted by Crippen LogP contribution is -2.60. The van der Waals surface area contributed by atoms with Gasteiger partial charge in [-0.05, 0) is 74.5 Å². The standard InChI is InChI=1S/C59H99N17O16/c1-5-38(4)52(56(91)68-41(29-37(2)3)31-48(80)81)71-54(89)44(30-39-12-14-42(77)15-13-39)70-55(90)45-11-8-20-76(45)57(92)43(10-7-18-66-59(62)63)69-53(88)40(9-6-17-65-58(60)61)32-67-46(78)16-19-64-47(79)33-72-21-23-73(34-49(82)83)25-27-75(36-51(86)87)28-26-74(24-22-72)35-50(84)85/h12-15,37-38,40-41,43-45,52,77H,5-11,16-36H2,1-4H3,(H,64,79)(H,67,78)(H,68,91)(H,69,88)(H,70,90)(H,71,89)(H,80,81)(H,82,83)(H,84,85)(H,86,87)(H4,60,61,65)(H4,62,63,66)/t38-,40+,41-,43-,44-,45-,52-/m0/s1. The summed E-state index contributed by atoms with van der Waals surface area (Å²) in [6.07, 6.45) is 1.15. The van der Waals surface area contributed by atoms with Gasteiger partial charge in [0.05, 0.1) is 38.5 Å². The van der Waals surface area contributed by atoms with Gasteiger partial charge in [-0.15, -0.1) is 0 Å². The summed E-state index contributed by atoms with van der Waals surface area (Å²) in [4.78, 5) is 162. The lowest BCUT2D eigenvalue weighted by Gasteiger charge is -2.32. The molecule has 0 aliphatic carbocycles. The number of nitrogens with one attached hydrogen (secondary N) is 6. The number of amides is 7. The largest absolute Gasteiger partial charge is 0.508 e. The first-order chi connectivity index (χ1) is 43.5. The van der Waals surface area contributed by atoms with E-state index in [1.54, 1.807) is 38.7 Å². The first-order valence-corrected chi connectivity index (χ1v) is 31.2. The zero-order chi connectivity index (χ0) is 68.5. The fourth-order valence-corrected chi connectivity index (χ4v) is 10.7. The summed E-state index contributed by atoms with van der Waals surface area (Å²) in [7, 11) is 0. The van der Waals surface area contributed by atoms with Crippen LogP contribution in [0.5, 0.6) is 5.75 Å². The normalized spacial score (nSPS) is 17.4. The molecule has 33 nitrogen and oxygen atoms in total. The Hall–Kier alpha value is -8.43. The molecule has 1 aromatic rings. The third kappa shape index (κ3) is 31.1. The second-order valence-corrected chi connectivity index (χ2v) is 23.8. The van der Waals surface area contributed by atoms with Crippen molar-refractivity contribution in [2.45, 2.75) is 129 Å². The average Bonchev–Trinajstić information content (AvgIpc) is 1.62. The molecule has 7 atom stereocenters. The monoisotopic (exact) mass is 1300 g/mol. The molecule has 0 unspecified atom stereocenters. The fourth-order valence-electron chi connectivity index (χ4n) is 10.7. The number of phenols is 1. The van der Waals surface area contributed by atoms with E-state index in [0.29, 0.717) is 24.8 Å². The summed E-state index contributed by atoms with van der Waals surface area (Å²) in [5.41, 5.74) is 22.8. The highest BCUT2D eigenvalue weighted by molar-refractivity contribution is 5.96. The Morgan fingerprint density at radius 3 is 1.61 bits per heavy atom. The van der Waals surface area contributed by atoms with Crippen molar-refractivity contribution in [3.8, 4) is 5.75 Å². The molecular weight excluding hydrogens is 1200 g/mol. The number of aromatic hydroxyl groups is 1. The van der Waals surface area contributed by atoms with E-state index in [0.717, 1.165) is 0 Å². The third-order valence-corrected chi connectivity index (χ3v) is 15.7. The molecule has 0 spiro atoms. The predicted octanol–water partition coefficient (Wildman–Crippen LogP) is -3.75. The molecule has 0 aromatic heterocycles. The first kappa shape index (κ1) is 77.8. The number of aliphatic carboxylic acids is 4. The van der Waals surface area contributed by atoms with E-state index in [1.165, 1.54) is 17.0 Å². The smallest absolute Gasteiger partial charge is 0.317 e. The number of carboxylic acid groups (broad SMARTS) is 4. The summed E-state index contributed by atoms with van der Waals surface area (Å²) in [5.74, 6) is -10.7. The zero-order valence-electron chi connectivity index (χ0n) is 53.4. The molecule has 0 radical (unpaired) electrons. The summed E-state index contributed by atoms with van der Waals surface area (Å²) in [6.45, 7) is 7.51. The number of carbonyl (C=O) groups is 11. The van der Waals surface area contributed by atoms with Gasteiger partial charge in [0.25, 0.3) is 0 Å². The molecule has 92 heavy (non-hydrogen) atoms. The van der Waals surface area contributed by atoms with Gasteiger partial charge in [-0.1, -0.05) is 46.2 Å².